The second-order valence-corrected chi connectivity index (χ2v) is 6.57. The van der Waals surface area contributed by atoms with Crippen LogP contribution in [0.4, 0.5) is 0 Å². The van der Waals surface area contributed by atoms with Crippen LogP contribution in [0.3, 0.4) is 0 Å². The second-order valence-electron chi connectivity index (χ2n) is 6.57. The highest BCUT2D eigenvalue weighted by Gasteiger charge is 2.00. The molecular weight excluding hydrogens is 254 g/mol. The minimum absolute atomic E-state index is 0.440. The minimum atomic E-state index is 0.440. The van der Waals surface area contributed by atoms with Crippen molar-refractivity contribution in [1.29, 1.82) is 0 Å². The first kappa shape index (κ1) is 19.8. The average molecular weight is 290 g/mol. The van der Waals surface area contributed by atoms with E-state index in [0.29, 0.717) is 6.04 Å². The molecule has 0 spiro atoms. The van der Waals surface area contributed by atoms with E-state index in [0.717, 1.165) is 24.5 Å². The summed E-state index contributed by atoms with van der Waals surface area (Å²) in [6.07, 6.45) is 12.3. The van der Waals surface area contributed by atoms with Gasteiger partial charge < -0.3 is 5.32 Å². The van der Waals surface area contributed by atoms with Gasteiger partial charge in [-0.3, -0.25) is 0 Å². The highest BCUT2D eigenvalue weighted by atomic mass is 14.9. The van der Waals surface area contributed by atoms with Crippen LogP contribution in [0, 0.1) is 5.92 Å². The molecule has 0 bridgehead atoms. The number of hydrogen-bond donors (Lipinski definition) is 1. The summed E-state index contributed by atoms with van der Waals surface area (Å²) >= 11 is 0. The van der Waals surface area contributed by atoms with Crippen LogP contribution in [0.5, 0.6) is 0 Å². The summed E-state index contributed by atoms with van der Waals surface area (Å²) in [5, 5.41) is 3.36. The van der Waals surface area contributed by atoms with Gasteiger partial charge in [-0.1, -0.05) is 63.6 Å². The summed E-state index contributed by atoms with van der Waals surface area (Å²) in [5.74, 6) is 0.808. The van der Waals surface area contributed by atoms with Crippen LogP contribution < -0.4 is 5.32 Å². The van der Waals surface area contributed by atoms with E-state index in [1.807, 2.05) is 0 Å². The summed E-state index contributed by atoms with van der Waals surface area (Å²) in [6, 6.07) is 0.440. The summed E-state index contributed by atoms with van der Waals surface area (Å²) in [7, 11) is 0. The standard InChI is InChI=1S/C20H35N/c1-8-20(15-19(7)21-17(4)5)14-13-18(6)12-10-9-11-16(2)3/h8,13-14,16-17,21H,6-7,9-12,15H2,1-5H3/b14-13-,20-8+. The number of hydrogen-bond acceptors (Lipinski definition) is 1. The van der Waals surface area contributed by atoms with Crippen LogP contribution in [-0.2, 0) is 0 Å². The highest BCUT2D eigenvalue weighted by molar-refractivity contribution is 5.28. The Bertz CT molecular complexity index is 369. The molecule has 0 aliphatic rings. The number of allylic oxidation sites excluding steroid dienone is 5. The van der Waals surface area contributed by atoms with Gasteiger partial charge >= 0.3 is 0 Å². The Morgan fingerprint density at radius 3 is 2.24 bits per heavy atom. The van der Waals surface area contributed by atoms with Gasteiger partial charge in [0.05, 0.1) is 0 Å². The molecule has 0 aliphatic heterocycles. The lowest BCUT2D eigenvalue weighted by Crippen LogP contribution is -2.21. The topological polar surface area (TPSA) is 12.0 Å². The van der Waals surface area contributed by atoms with Crippen molar-refractivity contribution < 1.29 is 0 Å². The molecule has 0 amide bonds. The third kappa shape index (κ3) is 12.2. The second kappa shape index (κ2) is 11.4. The molecule has 0 aromatic carbocycles. The van der Waals surface area contributed by atoms with E-state index < -0.39 is 0 Å². The van der Waals surface area contributed by atoms with Crippen molar-refractivity contribution >= 4 is 0 Å². The molecule has 120 valence electrons. The van der Waals surface area contributed by atoms with Crippen molar-refractivity contribution in [2.45, 2.75) is 72.8 Å². The quantitative estimate of drug-likeness (QED) is 0.354. The number of unbranched alkanes of at least 4 members (excludes halogenated alkanes) is 1. The molecule has 0 heterocycles. The molecule has 0 radical (unpaired) electrons. The van der Waals surface area contributed by atoms with Crippen molar-refractivity contribution in [3.63, 3.8) is 0 Å². The Labute approximate surface area is 132 Å². The molecule has 0 saturated heterocycles. The molecule has 0 aliphatic carbocycles. The van der Waals surface area contributed by atoms with Gasteiger partial charge in [0.2, 0.25) is 0 Å². The summed E-state index contributed by atoms with van der Waals surface area (Å²) < 4.78 is 0. The molecule has 0 aromatic rings. The lowest BCUT2D eigenvalue weighted by atomic mass is 10.0. The normalized spacial score (nSPS) is 12.4. The summed E-state index contributed by atoms with van der Waals surface area (Å²) in [6.45, 7) is 19.1. The molecule has 21 heavy (non-hydrogen) atoms. The van der Waals surface area contributed by atoms with E-state index in [9.17, 15) is 0 Å². The Balaban J connectivity index is 4.11. The van der Waals surface area contributed by atoms with Crippen LogP contribution in [-0.4, -0.2) is 6.04 Å². The van der Waals surface area contributed by atoms with Gasteiger partial charge in [0.1, 0.15) is 0 Å². The van der Waals surface area contributed by atoms with E-state index in [2.05, 4.69) is 71.3 Å². The first-order valence-electron chi connectivity index (χ1n) is 8.30. The van der Waals surface area contributed by atoms with Crippen molar-refractivity contribution in [3.05, 3.63) is 48.2 Å². The SMILES string of the molecule is C=C(/C=C\C(=C/C)CC(=C)NC(C)C)CCCCC(C)C. The minimum Gasteiger partial charge on any atom is -0.386 e. The van der Waals surface area contributed by atoms with Crippen molar-refractivity contribution in [3.8, 4) is 0 Å². The highest BCUT2D eigenvalue weighted by Crippen LogP contribution is 2.15. The Morgan fingerprint density at radius 1 is 1.05 bits per heavy atom. The zero-order valence-electron chi connectivity index (χ0n) is 14.8. The molecule has 0 fully saturated rings. The average Bonchev–Trinajstić information content (AvgIpc) is 2.38. The van der Waals surface area contributed by atoms with Crippen LogP contribution in [0.2, 0.25) is 0 Å². The Morgan fingerprint density at radius 2 is 1.71 bits per heavy atom. The smallest absolute Gasteiger partial charge is 0.0201 e. The molecular formula is C20H35N. The first-order chi connectivity index (χ1) is 9.85. The van der Waals surface area contributed by atoms with Crippen LogP contribution in [0.15, 0.2) is 48.2 Å². The molecule has 1 nitrogen and oxygen atoms in total. The molecule has 0 aromatic heterocycles. The van der Waals surface area contributed by atoms with Gasteiger partial charge in [-0.25, -0.2) is 0 Å². The first-order valence-corrected chi connectivity index (χ1v) is 8.30. The zero-order chi connectivity index (χ0) is 16.3. The van der Waals surface area contributed by atoms with E-state index in [1.165, 1.54) is 30.4 Å². The summed E-state index contributed by atoms with van der Waals surface area (Å²) in [4.78, 5) is 0. The molecule has 1 N–H and O–H groups in total. The van der Waals surface area contributed by atoms with Crippen molar-refractivity contribution in [2.75, 3.05) is 0 Å². The zero-order valence-corrected chi connectivity index (χ0v) is 14.8. The maximum atomic E-state index is 4.15. The fourth-order valence-corrected chi connectivity index (χ4v) is 2.18. The van der Waals surface area contributed by atoms with E-state index >= 15 is 0 Å². The number of rotatable bonds is 11. The van der Waals surface area contributed by atoms with Crippen LogP contribution in [0.1, 0.15) is 66.7 Å². The largest absolute Gasteiger partial charge is 0.386 e. The maximum Gasteiger partial charge on any atom is 0.0201 e. The monoisotopic (exact) mass is 289 g/mol. The van der Waals surface area contributed by atoms with Crippen molar-refractivity contribution in [1.82, 2.24) is 5.32 Å². The van der Waals surface area contributed by atoms with Gasteiger partial charge in [0.25, 0.3) is 0 Å². The van der Waals surface area contributed by atoms with Gasteiger partial charge in [0, 0.05) is 18.2 Å². The van der Waals surface area contributed by atoms with Gasteiger partial charge in [-0.05, 0) is 45.1 Å². The van der Waals surface area contributed by atoms with Crippen molar-refractivity contribution in [2.24, 2.45) is 5.92 Å². The molecule has 0 saturated carbocycles. The third-order valence-electron chi connectivity index (χ3n) is 3.34. The third-order valence-corrected chi connectivity index (χ3v) is 3.34. The Hall–Kier alpha value is -1.24. The van der Waals surface area contributed by atoms with Crippen LogP contribution in [0.25, 0.3) is 0 Å². The summed E-state index contributed by atoms with van der Waals surface area (Å²) in [5.41, 5.74) is 3.59. The lowest BCUT2D eigenvalue weighted by Gasteiger charge is -2.13. The fraction of sp³-hybridized carbons (Fsp3) is 0.600. The van der Waals surface area contributed by atoms with E-state index in [1.54, 1.807) is 0 Å². The predicted octanol–water partition coefficient (Wildman–Crippen LogP) is 6.16. The van der Waals surface area contributed by atoms with Crippen LogP contribution >= 0.6 is 0 Å². The Kier molecular flexibility index (Phi) is 10.7. The molecule has 1 heteroatoms. The van der Waals surface area contributed by atoms with Gasteiger partial charge in [-0.2, -0.15) is 0 Å². The van der Waals surface area contributed by atoms with E-state index in [4.69, 9.17) is 0 Å². The van der Waals surface area contributed by atoms with E-state index in [-0.39, 0.29) is 0 Å². The molecule has 0 atom stereocenters. The number of nitrogens with one attached hydrogen (secondary N) is 1. The molecule has 0 rings (SSSR count). The predicted molar refractivity (Wildman–Crippen MR) is 97.4 cm³/mol. The lowest BCUT2D eigenvalue weighted by molar-refractivity contribution is 0.538. The molecule has 0 unspecified atom stereocenters. The fourth-order valence-electron chi connectivity index (χ4n) is 2.18. The van der Waals surface area contributed by atoms with Gasteiger partial charge in [-0.15, -0.1) is 0 Å². The maximum absolute atomic E-state index is 4.15. The van der Waals surface area contributed by atoms with Gasteiger partial charge in [0.15, 0.2) is 0 Å².